The van der Waals surface area contributed by atoms with Crippen LogP contribution in [-0.2, 0) is 4.74 Å². The first kappa shape index (κ1) is 17.0. The molecule has 0 spiro atoms. The summed E-state index contributed by atoms with van der Waals surface area (Å²) >= 11 is 0. The smallest absolute Gasteiger partial charge is 0.311 e. The zero-order valence-electron chi connectivity index (χ0n) is 14.1. The second kappa shape index (κ2) is 7.81. The molecule has 0 aromatic heterocycles. The maximum absolute atomic E-state index is 11.1. The van der Waals surface area contributed by atoms with Crippen molar-refractivity contribution in [3.8, 4) is 5.75 Å². The van der Waals surface area contributed by atoms with Crippen molar-refractivity contribution in [2.24, 2.45) is 0 Å². The molecular weight excluding hydrogens is 310 g/mol. The van der Waals surface area contributed by atoms with Gasteiger partial charge in [-0.3, -0.25) is 15.0 Å². The highest BCUT2D eigenvalue weighted by molar-refractivity contribution is 5.60. The predicted molar refractivity (Wildman–Crippen MR) is 91.9 cm³/mol. The van der Waals surface area contributed by atoms with Gasteiger partial charge in [-0.15, -0.1) is 0 Å². The van der Waals surface area contributed by atoms with Crippen molar-refractivity contribution in [3.63, 3.8) is 0 Å². The topological polar surface area (TPSA) is 68.1 Å². The summed E-state index contributed by atoms with van der Waals surface area (Å²) in [7, 11) is 0. The molecule has 2 fully saturated rings. The Morgan fingerprint density at radius 1 is 1.33 bits per heavy atom. The van der Waals surface area contributed by atoms with Crippen LogP contribution in [0, 0.1) is 10.1 Å². The molecule has 1 unspecified atom stereocenters. The highest BCUT2D eigenvalue weighted by atomic mass is 16.6. The molecule has 2 heterocycles. The van der Waals surface area contributed by atoms with Crippen molar-refractivity contribution in [2.75, 3.05) is 50.9 Å². The minimum atomic E-state index is -0.385. The minimum absolute atomic E-state index is 0.0320. The molecule has 2 aliphatic heterocycles. The lowest BCUT2D eigenvalue weighted by Crippen LogP contribution is -2.45. The van der Waals surface area contributed by atoms with Crippen LogP contribution < -0.4 is 9.64 Å². The molecule has 2 saturated heterocycles. The Bertz CT molecular complexity index is 575. The lowest BCUT2D eigenvalue weighted by Gasteiger charge is -2.34. The number of nitrogens with zero attached hydrogens (tertiary/aromatic N) is 3. The maximum atomic E-state index is 11.1. The molecule has 2 aliphatic rings. The number of rotatable bonds is 6. The second-order valence-electron chi connectivity index (χ2n) is 6.24. The van der Waals surface area contributed by atoms with Crippen molar-refractivity contribution in [1.29, 1.82) is 0 Å². The van der Waals surface area contributed by atoms with Gasteiger partial charge in [0.15, 0.2) is 5.75 Å². The number of nitro groups is 1. The van der Waals surface area contributed by atoms with Crippen LogP contribution in [0.1, 0.15) is 19.8 Å². The SMILES string of the molecule is CCOc1cc(N2CCCC2CN2CCOCC2)ccc1[N+](=O)[O-]. The summed E-state index contributed by atoms with van der Waals surface area (Å²) in [5.41, 5.74) is 1.05. The summed E-state index contributed by atoms with van der Waals surface area (Å²) < 4.78 is 10.9. The van der Waals surface area contributed by atoms with E-state index < -0.39 is 0 Å². The normalized spacial score (nSPS) is 21.9. The number of nitro benzene ring substituents is 1. The molecule has 1 aromatic rings. The summed E-state index contributed by atoms with van der Waals surface area (Å²) in [5.74, 6) is 0.358. The maximum Gasteiger partial charge on any atom is 0.311 e. The first-order valence-corrected chi connectivity index (χ1v) is 8.67. The van der Waals surface area contributed by atoms with E-state index in [1.165, 1.54) is 0 Å². The first-order valence-electron chi connectivity index (χ1n) is 8.67. The van der Waals surface area contributed by atoms with E-state index in [1.54, 1.807) is 6.07 Å². The first-order chi connectivity index (χ1) is 11.7. The average Bonchev–Trinajstić information content (AvgIpc) is 3.04. The Morgan fingerprint density at radius 2 is 2.12 bits per heavy atom. The highest BCUT2D eigenvalue weighted by Gasteiger charge is 2.28. The van der Waals surface area contributed by atoms with Gasteiger partial charge in [-0.05, 0) is 25.8 Å². The van der Waals surface area contributed by atoms with Gasteiger partial charge in [0.25, 0.3) is 0 Å². The number of hydrogen-bond donors (Lipinski definition) is 0. The number of morpholine rings is 1. The lowest BCUT2D eigenvalue weighted by atomic mass is 10.1. The molecule has 0 N–H and O–H groups in total. The number of ether oxygens (including phenoxy) is 2. The van der Waals surface area contributed by atoms with Crippen molar-refractivity contribution in [2.45, 2.75) is 25.8 Å². The van der Waals surface area contributed by atoms with Crippen molar-refractivity contribution < 1.29 is 14.4 Å². The van der Waals surface area contributed by atoms with E-state index in [0.29, 0.717) is 18.4 Å². The molecule has 132 valence electrons. The van der Waals surface area contributed by atoms with Crippen LogP contribution in [0.5, 0.6) is 5.75 Å². The molecule has 0 bridgehead atoms. The number of benzene rings is 1. The van der Waals surface area contributed by atoms with Gasteiger partial charge >= 0.3 is 5.69 Å². The molecule has 7 nitrogen and oxygen atoms in total. The molecular formula is C17H25N3O4. The number of anilines is 1. The minimum Gasteiger partial charge on any atom is -0.487 e. The third-order valence-corrected chi connectivity index (χ3v) is 4.72. The second-order valence-corrected chi connectivity index (χ2v) is 6.24. The van der Waals surface area contributed by atoms with Gasteiger partial charge in [-0.25, -0.2) is 0 Å². The van der Waals surface area contributed by atoms with Gasteiger partial charge in [-0.1, -0.05) is 0 Å². The van der Waals surface area contributed by atoms with Crippen LogP contribution >= 0.6 is 0 Å². The summed E-state index contributed by atoms with van der Waals surface area (Å²) in [6.07, 6.45) is 2.30. The van der Waals surface area contributed by atoms with Gasteiger partial charge in [0.2, 0.25) is 0 Å². The summed E-state index contributed by atoms with van der Waals surface area (Å²) in [5, 5.41) is 11.1. The fraction of sp³-hybridized carbons (Fsp3) is 0.647. The fourth-order valence-electron chi connectivity index (χ4n) is 3.55. The van der Waals surface area contributed by atoms with Crippen LogP contribution in [0.3, 0.4) is 0 Å². The van der Waals surface area contributed by atoms with Crippen molar-refractivity contribution in [1.82, 2.24) is 4.90 Å². The molecule has 7 heteroatoms. The number of hydrogen-bond acceptors (Lipinski definition) is 6. The van der Waals surface area contributed by atoms with Gasteiger partial charge < -0.3 is 14.4 Å². The van der Waals surface area contributed by atoms with E-state index >= 15 is 0 Å². The lowest BCUT2D eigenvalue weighted by molar-refractivity contribution is -0.385. The quantitative estimate of drug-likeness (QED) is 0.587. The van der Waals surface area contributed by atoms with Crippen LogP contribution in [0.25, 0.3) is 0 Å². The van der Waals surface area contributed by atoms with E-state index in [-0.39, 0.29) is 10.6 Å². The Kier molecular flexibility index (Phi) is 5.52. The van der Waals surface area contributed by atoms with Crippen molar-refractivity contribution >= 4 is 11.4 Å². The largest absolute Gasteiger partial charge is 0.487 e. The molecule has 1 atom stereocenters. The Balaban J connectivity index is 1.76. The summed E-state index contributed by atoms with van der Waals surface area (Å²) in [6.45, 7) is 7.83. The monoisotopic (exact) mass is 335 g/mol. The molecule has 0 aliphatic carbocycles. The fourth-order valence-corrected chi connectivity index (χ4v) is 3.55. The van der Waals surface area contributed by atoms with E-state index in [0.717, 1.165) is 57.9 Å². The van der Waals surface area contributed by atoms with Gasteiger partial charge in [-0.2, -0.15) is 0 Å². The molecule has 1 aromatic carbocycles. The molecule has 24 heavy (non-hydrogen) atoms. The van der Waals surface area contributed by atoms with Crippen LogP contribution in [-0.4, -0.2) is 61.9 Å². The zero-order valence-corrected chi connectivity index (χ0v) is 14.1. The van der Waals surface area contributed by atoms with Crippen LogP contribution in [0.4, 0.5) is 11.4 Å². The van der Waals surface area contributed by atoms with E-state index in [4.69, 9.17) is 9.47 Å². The molecule has 3 rings (SSSR count). The predicted octanol–water partition coefficient (Wildman–Crippen LogP) is 2.29. The van der Waals surface area contributed by atoms with Gasteiger partial charge in [0, 0.05) is 50.0 Å². The van der Waals surface area contributed by atoms with Crippen LogP contribution in [0.15, 0.2) is 18.2 Å². The van der Waals surface area contributed by atoms with Gasteiger partial charge in [0.05, 0.1) is 24.7 Å². The standard InChI is InChI=1S/C17H25N3O4/c1-2-24-17-12-14(5-6-16(17)20(21)22)19-7-3-4-15(19)13-18-8-10-23-11-9-18/h5-6,12,15H,2-4,7-11,13H2,1H3. The molecule has 0 radical (unpaired) electrons. The van der Waals surface area contributed by atoms with E-state index in [1.807, 2.05) is 19.1 Å². The average molecular weight is 335 g/mol. The molecule has 0 amide bonds. The zero-order chi connectivity index (χ0) is 16.9. The third-order valence-electron chi connectivity index (χ3n) is 4.72. The summed E-state index contributed by atoms with van der Waals surface area (Å²) in [6, 6.07) is 5.67. The van der Waals surface area contributed by atoms with E-state index in [2.05, 4.69) is 9.80 Å². The Morgan fingerprint density at radius 3 is 2.83 bits per heavy atom. The van der Waals surface area contributed by atoms with E-state index in [9.17, 15) is 10.1 Å². The summed E-state index contributed by atoms with van der Waals surface area (Å²) in [4.78, 5) is 15.6. The Hall–Kier alpha value is -1.86. The Labute approximate surface area is 142 Å². The van der Waals surface area contributed by atoms with Crippen molar-refractivity contribution in [3.05, 3.63) is 28.3 Å². The third kappa shape index (κ3) is 3.79. The molecule has 0 saturated carbocycles. The highest BCUT2D eigenvalue weighted by Crippen LogP contribution is 2.34. The van der Waals surface area contributed by atoms with Gasteiger partial charge in [0.1, 0.15) is 0 Å². The van der Waals surface area contributed by atoms with Crippen LogP contribution in [0.2, 0.25) is 0 Å².